The number of benzene rings is 3. The molecule has 35 heteroatoms. The van der Waals surface area contributed by atoms with Gasteiger partial charge in [-0.05, 0) is 159 Å². The topological polar surface area (TPSA) is 296 Å². The zero-order chi connectivity index (χ0) is 77.8. The average Bonchev–Trinajstić information content (AvgIpc) is 1.59. The number of H-pyrrole nitrogens is 1. The second-order valence-electron chi connectivity index (χ2n) is 28.2. The lowest BCUT2D eigenvalue weighted by Crippen LogP contribution is -2.52. The van der Waals surface area contributed by atoms with E-state index in [9.17, 15) is 27.6 Å². The van der Waals surface area contributed by atoms with Crippen LogP contribution in [0.15, 0.2) is 145 Å². The molecule has 576 valence electrons. The van der Waals surface area contributed by atoms with Crippen LogP contribution >= 0.6 is 105 Å². The van der Waals surface area contributed by atoms with Crippen molar-refractivity contribution in [2.45, 2.75) is 185 Å². The summed E-state index contributed by atoms with van der Waals surface area (Å²) in [6.45, 7) is 19.7. The second-order valence-corrected chi connectivity index (χ2v) is 33.8. The number of nitrogens with one attached hydrogen (secondary N) is 4. The second kappa shape index (κ2) is 36.7. The summed E-state index contributed by atoms with van der Waals surface area (Å²) < 4.78 is 53.6. The van der Waals surface area contributed by atoms with Gasteiger partial charge in [0.05, 0.1) is 44.8 Å². The Hall–Kier alpha value is -6.95. The van der Waals surface area contributed by atoms with Crippen molar-refractivity contribution in [2.75, 3.05) is 49.1 Å². The molecule has 6 aromatic heterocycles. The first kappa shape index (κ1) is 84.1. The van der Waals surface area contributed by atoms with Crippen LogP contribution in [0.25, 0.3) is 16.9 Å². The minimum absolute atomic E-state index is 0. The fourth-order valence-corrected chi connectivity index (χ4v) is 17.8. The number of ether oxygens (including phenoxy) is 2. The zero-order valence-electron chi connectivity index (χ0n) is 60.0. The number of alkyl halides is 3. The molecular weight excluding hydrogens is 1560 g/mol. The van der Waals surface area contributed by atoms with Crippen LogP contribution in [0, 0.1) is 27.0 Å². The molecule has 3 saturated carbocycles. The van der Waals surface area contributed by atoms with Gasteiger partial charge < -0.3 is 45.9 Å². The highest BCUT2D eigenvalue weighted by atomic mass is 35.5. The molecular formula is C72H86Cl6F3N17O6S3. The van der Waals surface area contributed by atoms with Crippen molar-refractivity contribution < 1.29 is 38.4 Å². The maximum absolute atomic E-state index is 12.1. The molecule has 0 radical (unpaired) electrons. The number of anilines is 2. The molecule has 0 atom stereocenters. The molecule has 6 fully saturated rings. The number of nitrogens with zero attached hydrogens (tertiary/aromatic N) is 12. The summed E-state index contributed by atoms with van der Waals surface area (Å²) in [6, 6.07) is 17.5. The summed E-state index contributed by atoms with van der Waals surface area (Å²) >= 11 is 41.6. The molecule has 2 amide bonds. The van der Waals surface area contributed by atoms with Crippen LogP contribution in [0.2, 0.25) is 30.1 Å². The molecule has 0 bridgehead atoms. The smallest absolute Gasteiger partial charge is 0.444 e. The summed E-state index contributed by atoms with van der Waals surface area (Å²) in [7, 11) is 0. The maximum atomic E-state index is 12.1. The Morgan fingerprint density at radius 2 is 0.991 bits per heavy atom. The number of imidazole rings is 3. The number of amides is 2. The third kappa shape index (κ3) is 22.0. The number of aromatic amines is 1. The molecule has 3 aromatic carbocycles. The quantitative estimate of drug-likeness (QED) is 0.0628. The van der Waals surface area contributed by atoms with E-state index in [4.69, 9.17) is 112 Å². The lowest BCUT2D eigenvalue weighted by molar-refractivity contribution is -0.156. The van der Waals surface area contributed by atoms with Crippen LogP contribution in [0.5, 0.6) is 0 Å². The lowest BCUT2D eigenvalue weighted by Gasteiger charge is -2.45. The monoisotopic (exact) mass is 1650 g/mol. The molecule has 3 spiro atoms. The highest BCUT2D eigenvalue weighted by Crippen LogP contribution is 2.51. The Balaban J connectivity index is 0.000000178. The van der Waals surface area contributed by atoms with Gasteiger partial charge in [-0.25, -0.2) is 39.3 Å². The number of alkyl carbamates (subject to hydrolysis) is 2. The lowest BCUT2D eigenvalue weighted by atomic mass is 9.65. The van der Waals surface area contributed by atoms with Gasteiger partial charge in [0.15, 0.2) is 16.9 Å². The summed E-state index contributed by atoms with van der Waals surface area (Å²) in [5, 5.41) is 24.5. The summed E-state index contributed by atoms with van der Waals surface area (Å²) in [4.78, 5) is 79.3. The molecule has 9 aromatic rings. The molecule has 9 heterocycles. The third-order valence-electron chi connectivity index (χ3n) is 18.0. The van der Waals surface area contributed by atoms with Gasteiger partial charge >= 0.3 is 24.1 Å². The number of aromatic nitrogens is 9. The average molecular weight is 1650 g/mol. The van der Waals surface area contributed by atoms with E-state index >= 15 is 0 Å². The molecule has 3 aliphatic carbocycles. The molecule has 107 heavy (non-hydrogen) atoms. The number of aldehydes is 1. The van der Waals surface area contributed by atoms with E-state index in [-0.39, 0.29) is 36.8 Å². The predicted molar refractivity (Wildman–Crippen MR) is 418 cm³/mol. The van der Waals surface area contributed by atoms with E-state index < -0.39 is 23.7 Å². The SMILES string of the molecule is C.CC(C)(C)OC(=O)NC1CC2(CCN(c3ncc(Sc4cccc(Cl)c4Cl)c4nccn34)C2)C1.CC(C)(C)OC(=O)NC1CC2(CCNC2)C1.N#N.NC1CC2(CCN(c3ncc(Sc4cccc(Cl)c4Cl)c4nccn34)C2)C1.O=CC(F)(F)F.O=c1[nH]cc(Sc2cccc(Cl)c2Cl)c2nccn12.[2H]CC. The predicted octanol–water partition coefficient (Wildman–Crippen LogP) is 18.1. The number of fused-ring (bicyclic) bond motifs is 3. The number of hydrogen-bond acceptors (Lipinski definition) is 20. The molecule has 15 rings (SSSR count). The first-order valence-electron chi connectivity index (χ1n) is 34.4. The Bertz CT molecular complexity index is 4650. The van der Waals surface area contributed by atoms with Gasteiger partial charge in [-0.1, -0.05) is 144 Å². The van der Waals surface area contributed by atoms with E-state index in [1.54, 1.807) is 49.9 Å². The molecule has 3 saturated heterocycles. The van der Waals surface area contributed by atoms with Gasteiger partial charge in [0.1, 0.15) is 11.2 Å². The first-order chi connectivity index (χ1) is 50.7. The zero-order valence-corrected chi connectivity index (χ0v) is 66.0. The fourth-order valence-electron chi connectivity index (χ4n) is 13.6. The molecule has 6 N–H and O–H groups in total. The van der Waals surface area contributed by atoms with Gasteiger partial charge in [-0.2, -0.15) is 13.2 Å². The Morgan fingerprint density at radius 3 is 1.36 bits per heavy atom. The first-order valence-corrected chi connectivity index (χ1v) is 38.4. The fraction of sp³-hybridized carbons (Fsp3) is 0.458. The largest absolute Gasteiger partial charge is 0.446 e. The van der Waals surface area contributed by atoms with Gasteiger partial charge in [0.25, 0.3) is 0 Å². The third-order valence-corrected chi connectivity index (χ3v) is 24.0. The van der Waals surface area contributed by atoms with Crippen LogP contribution in [-0.2, 0) is 14.3 Å². The number of hydrogen-bond donors (Lipinski definition) is 5. The van der Waals surface area contributed by atoms with Crippen molar-refractivity contribution in [1.82, 2.24) is 59.1 Å². The Labute approximate surface area is 663 Å². The normalized spacial score (nSPS) is 21.1. The van der Waals surface area contributed by atoms with Crippen molar-refractivity contribution in [3.05, 3.63) is 151 Å². The van der Waals surface area contributed by atoms with E-state index in [1.807, 2.05) is 113 Å². The Morgan fingerprint density at radius 1 is 0.617 bits per heavy atom. The molecule has 23 nitrogen and oxygen atoms in total. The number of carbonyl (C=O) groups is 3. The van der Waals surface area contributed by atoms with Crippen LogP contribution in [0.4, 0.5) is 34.7 Å². The minimum atomic E-state index is -4.64. The highest BCUT2D eigenvalue weighted by Gasteiger charge is 2.51. The summed E-state index contributed by atoms with van der Waals surface area (Å²) in [6.07, 6.45) is 19.6. The number of halogens is 9. The van der Waals surface area contributed by atoms with Crippen molar-refractivity contribution >= 4 is 152 Å². The van der Waals surface area contributed by atoms with Gasteiger partial charge in [0, 0.05) is 133 Å². The number of carbonyl (C=O) groups excluding carboxylic acids is 3. The maximum Gasteiger partial charge on any atom is 0.446 e. The molecule has 0 unspecified atom stereocenters. The highest BCUT2D eigenvalue weighted by molar-refractivity contribution is 8.00. The standard InChI is InChI=1S/C24H27Cl2N5O2S.C19H19Cl2N5S.C12H7Cl2N3OS.C12H22N2O2.C2HF3O.C2H6.CH4.N2/c1-23(2,3)33-22(32)29-15-11-24(12-15)7-9-30(14-24)21-28-13-18(20-27-8-10-31(20)21)34-17-6-4-5-16(25)19(17)26;20-13-2-1-3-14(16(13)21)27-15-10-24-18(26-7-5-23-17(15)26)25-6-4-19(11-25)8-12(22)9-19;13-7-2-1-3-8(10(7)14)19-9-6-16-12(18)17-5-4-15-11(9)17;1-11(2,3)16-10(15)14-9-6-12(7-9)4-5-13-8-12;3-2(4,5)1-6;1-2;;1-2/h4-6,8,10,13,15H,7,9,11-12,14H2,1-3H3,(H,29,32);1-3,5,7,10,12H,4,6,8-9,11,22H2;1-6H,(H,16,18);9,13H,4-8H2,1-3H3,(H,14,15);1H;1-2H3;1H4;/i;;;;;1D;;. The van der Waals surface area contributed by atoms with Gasteiger partial charge in [-0.15, -0.1) is 0 Å². The van der Waals surface area contributed by atoms with Crippen LogP contribution < -0.4 is 37.2 Å². The van der Waals surface area contributed by atoms with E-state index in [0.29, 0.717) is 65.6 Å². The van der Waals surface area contributed by atoms with E-state index in [1.165, 1.54) is 52.5 Å². The van der Waals surface area contributed by atoms with E-state index in [2.05, 4.69) is 50.1 Å². The van der Waals surface area contributed by atoms with Crippen molar-refractivity contribution in [1.29, 1.82) is 10.8 Å². The van der Waals surface area contributed by atoms with Crippen LogP contribution in [0.3, 0.4) is 0 Å². The number of rotatable bonds is 10. The molecule has 3 aliphatic heterocycles. The van der Waals surface area contributed by atoms with Crippen molar-refractivity contribution in [3.63, 3.8) is 0 Å². The minimum Gasteiger partial charge on any atom is -0.444 e. The van der Waals surface area contributed by atoms with Gasteiger partial charge in [0.2, 0.25) is 18.2 Å². The van der Waals surface area contributed by atoms with Crippen molar-refractivity contribution in [3.8, 4) is 0 Å². The Kier molecular flexibility index (Phi) is 28.8. The molecule has 6 aliphatic rings. The van der Waals surface area contributed by atoms with Gasteiger partial charge in [-0.3, -0.25) is 18.0 Å². The van der Waals surface area contributed by atoms with Crippen molar-refractivity contribution in [2.24, 2.45) is 22.0 Å². The summed E-state index contributed by atoms with van der Waals surface area (Å²) in [5.74, 6) is 1.83. The number of nitrogens with two attached hydrogens (primary N) is 1. The van der Waals surface area contributed by atoms with Crippen LogP contribution in [-0.4, -0.2) is 136 Å². The van der Waals surface area contributed by atoms with E-state index in [0.717, 1.165) is 137 Å². The van der Waals surface area contributed by atoms with Crippen LogP contribution in [0.1, 0.15) is 122 Å². The summed E-state index contributed by atoms with van der Waals surface area (Å²) in [5.41, 5.74) is 8.29.